The van der Waals surface area contributed by atoms with Crippen LogP contribution in [-0.4, -0.2) is 16.9 Å². The Balaban J connectivity index is 2.37. The highest BCUT2D eigenvalue weighted by molar-refractivity contribution is 6.08. The second-order valence-electron chi connectivity index (χ2n) is 3.46. The number of benzene rings is 1. The Labute approximate surface area is 89.1 Å². The Morgan fingerprint density at radius 1 is 1.25 bits per heavy atom. The molecule has 16 heavy (non-hydrogen) atoms. The van der Waals surface area contributed by atoms with Gasteiger partial charge in [-0.05, 0) is 6.07 Å². The number of hydrogen-bond acceptors (Lipinski definition) is 1. The van der Waals surface area contributed by atoms with Gasteiger partial charge in [0.05, 0.1) is 0 Å². The molecule has 0 aliphatic carbocycles. The van der Waals surface area contributed by atoms with E-state index in [0.717, 1.165) is 0 Å². The number of alkyl halides is 3. The summed E-state index contributed by atoms with van der Waals surface area (Å²) >= 11 is 0. The van der Waals surface area contributed by atoms with E-state index in [1.165, 1.54) is 6.20 Å². The van der Waals surface area contributed by atoms with Crippen molar-refractivity contribution in [2.45, 2.75) is 12.6 Å². The Bertz CT molecular complexity index is 527. The molecule has 1 aromatic carbocycles. The number of hydrogen-bond donors (Lipinski definition) is 1. The highest BCUT2D eigenvalue weighted by atomic mass is 19.4. The van der Waals surface area contributed by atoms with Crippen molar-refractivity contribution in [3.8, 4) is 0 Å². The van der Waals surface area contributed by atoms with Crippen LogP contribution in [0.4, 0.5) is 13.2 Å². The smallest absolute Gasteiger partial charge is 0.360 e. The van der Waals surface area contributed by atoms with Crippen molar-refractivity contribution >= 4 is 16.7 Å². The summed E-state index contributed by atoms with van der Waals surface area (Å²) in [7, 11) is 0. The van der Waals surface area contributed by atoms with Gasteiger partial charge in [0.1, 0.15) is 6.42 Å². The molecule has 0 atom stereocenters. The van der Waals surface area contributed by atoms with Gasteiger partial charge in [0.15, 0.2) is 5.78 Å². The van der Waals surface area contributed by atoms with E-state index in [4.69, 9.17) is 0 Å². The highest BCUT2D eigenvalue weighted by Gasteiger charge is 2.32. The number of halogens is 3. The van der Waals surface area contributed by atoms with Gasteiger partial charge in [0, 0.05) is 22.7 Å². The summed E-state index contributed by atoms with van der Waals surface area (Å²) in [5, 5.41) is 0.525. The second kappa shape index (κ2) is 3.66. The zero-order chi connectivity index (χ0) is 11.8. The summed E-state index contributed by atoms with van der Waals surface area (Å²) in [5.41, 5.74) is 0.751. The molecule has 0 saturated heterocycles. The van der Waals surface area contributed by atoms with Crippen LogP contribution in [0.5, 0.6) is 0 Å². The first-order valence-electron chi connectivity index (χ1n) is 4.63. The van der Waals surface area contributed by atoms with E-state index in [1.54, 1.807) is 24.3 Å². The fourth-order valence-corrected chi connectivity index (χ4v) is 1.58. The van der Waals surface area contributed by atoms with Crippen molar-refractivity contribution in [1.29, 1.82) is 0 Å². The molecule has 0 bridgehead atoms. The van der Waals surface area contributed by atoms with E-state index in [9.17, 15) is 18.0 Å². The number of para-hydroxylation sites is 1. The standard InChI is InChI=1S/C11H8F3NO/c12-11(13,14)5-10(16)8-6-15-9-4-2-1-3-7(8)9/h1-4,6,15H,5H2. The lowest BCUT2D eigenvalue weighted by Gasteiger charge is -2.03. The van der Waals surface area contributed by atoms with Gasteiger partial charge >= 0.3 is 6.18 Å². The Morgan fingerprint density at radius 3 is 2.62 bits per heavy atom. The van der Waals surface area contributed by atoms with E-state index in [0.29, 0.717) is 10.9 Å². The van der Waals surface area contributed by atoms with Gasteiger partial charge in [0.25, 0.3) is 0 Å². The number of Topliss-reactive ketones (excluding diaryl/α,β-unsaturated/α-hetero) is 1. The van der Waals surface area contributed by atoms with Crippen LogP contribution >= 0.6 is 0 Å². The Kier molecular flexibility index (Phi) is 2.46. The Hall–Kier alpha value is -1.78. The average molecular weight is 227 g/mol. The number of aromatic amines is 1. The minimum Gasteiger partial charge on any atom is -0.360 e. The molecule has 5 heteroatoms. The number of fused-ring (bicyclic) bond motifs is 1. The summed E-state index contributed by atoms with van der Waals surface area (Å²) in [6.07, 6.45) is -4.57. The zero-order valence-corrected chi connectivity index (χ0v) is 8.14. The van der Waals surface area contributed by atoms with E-state index < -0.39 is 18.4 Å². The Morgan fingerprint density at radius 2 is 1.94 bits per heavy atom. The largest absolute Gasteiger partial charge is 0.396 e. The van der Waals surface area contributed by atoms with Crippen LogP contribution in [0.3, 0.4) is 0 Å². The van der Waals surface area contributed by atoms with Crippen LogP contribution in [0.15, 0.2) is 30.5 Å². The fourth-order valence-electron chi connectivity index (χ4n) is 1.58. The molecule has 0 aliphatic heterocycles. The fraction of sp³-hybridized carbons (Fsp3) is 0.182. The molecule has 0 unspecified atom stereocenters. The molecule has 0 radical (unpaired) electrons. The van der Waals surface area contributed by atoms with Crippen LogP contribution in [0.1, 0.15) is 16.8 Å². The lowest BCUT2D eigenvalue weighted by Crippen LogP contribution is -2.14. The first-order valence-corrected chi connectivity index (χ1v) is 4.63. The maximum absolute atomic E-state index is 12.1. The highest BCUT2D eigenvalue weighted by Crippen LogP contribution is 2.25. The van der Waals surface area contributed by atoms with E-state index in [-0.39, 0.29) is 5.56 Å². The first-order chi connectivity index (χ1) is 7.47. The molecule has 0 saturated carbocycles. The number of H-pyrrole nitrogens is 1. The summed E-state index contributed by atoms with van der Waals surface area (Å²) in [5.74, 6) is -0.912. The van der Waals surface area contributed by atoms with Gasteiger partial charge in [-0.25, -0.2) is 0 Å². The average Bonchev–Trinajstić information content (AvgIpc) is 2.58. The molecule has 0 spiro atoms. The van der Waals surface area contributed by atoms with Crippen LogP contribution < -0.4 is 0 Å². The van der Waals surface area contributed by atoms with Crippen LogP contribution in [0, 0.1) is 0 Å². The maximum Gasteiger partial charge on any atom is 0.396 e. The molecular weight excluding hydrogens is 219 g/mol. The number of nitrogens with one attached hydrogen (secondary N) is 1. The molecule has 0 amide bonds. The van der Waals surface area contributed by atoms with E-state index in [1.807, 2.05) is 0 Å². The molecule has 2 aromatic rings. The van der Waals surface area contributed by atoms with Crippen molar-refractivity contribution in [2.75, 3.05) is 0 Å². The van der Waals surface area contributed by atoms with Crippen LogP contribution in [0.2, 0.25) is 0 Å². The molecule has 84 valence electrons. The van der Waals surface area contributed by atoms with Gasteiger partial charge in [-0.3, -0.25) is 4.79 Å². The molecule has 1 N–H and O–H groups in total. The predicted octanol–water partition coefficient (Wildman–Crippen LogP) is 3.30. The molecule has 1 aromatic heterocycles. The zero-order valence-electron chi connectivity index (χ0n) is 8.14. The minimum absolute atomic E-state index is 0.0907. The van der Waals surface area contributed by atoms with E-state index in [2.05, 4.69) is 4.98 Å². The minimum atomic E-state index is -4.46. The predicted molar refractivity (Wildman–Crippen MR) is 53.3 cm³/mol. The lowest BCUT2D eigenvalue weighted by molar-refractivity contribution is -0.125. The summed E-state index contributed by atoms with van der Waals surface area (Å²) in [6, 6.07) is 6.76. The molecule has 2 rings (SSSR count). The first kappa shape index (κ1) is 10.7. The summed E-state index contributed by atoms with van der Waals surface area (Å²) < 4.78 is 36.2. The molecule has 2 nitrogen and oxygen atoms in total. The van der Waals surface area contributed by atoms with Gasteiger partial charge < -0.3 is 4.98 Å². The topological polar surface area (TPSA) is 32.9 Å². The monoisotopic (exact) mass is 227 g/mol. The van der Waals surface area contributed by atoms with E-state index >= 15 is 0 Å². The molecule has 0 fully saturated rings. The molecular formula is C11H8F3NO. The van der Waals surface area contributed by atoms with Crippen molar-refractivity contribution in [3.63, 3.8) is 0 Å². The number of carbonyl (C=O) groups excluding carboxylic acids is 1. The van der Waals surface area contributed by atoms with Gasteiger partial charge in [-0.1, -0.05) is 18.2 Å². The molecule has 0 aliphatic rings. The molecule has 1 heterocycles. The number of carbonyl (C=O) groups is 1. The third kappa shape index (κ3) is 2.08. The normalized spacial score (nSPS) is 11.9. The van der Waals surface area contributed by atoms with Crippen LogP contribution in [-0.2, 0) is 0 Å². The summed E-state index contributed by atoms with van der Waals surface area (Å²) in [6.45, 7) is 0. The van der Waals surface area contributed by atoms with Crippen molar-refractivity contribution < 1.29 is 18.0 Å². The third-order valence-corrected chi connectivity index (χ3v) is 2.25. The number of aromatic nitrogens is 1. The van der Waals surface area contributed by atoms with Gasteiger partial charge in [0.2, 0.25) is 0 Å². The van der Waals surface area contributed by atoms with Crippen LogP contribution in [0.25, 0.3) is 10.9 Å². The number of rotatable bonds is 2. The van der Waals surface area contributed by atoms with Gasteiger partial charge in [-0.15, -0.1) is 0 Å². The van der Waals surface area contributed by atoms with Crippen molar-refractivity contribution in [2.24, 2.45) is 0 Å². The SMILES string of the molecule is O=C(CC(F)(F)F)c1c[nH]c2ccccc12. The maximum atomic E-state index is 12.1. The number of ketones is 1. The second-order valence-corrected chi connectivity index (χ2v) is 3.46. The third-order valence-electron chi connectivity index (χ3n) is 2.25. The van der Waals surface area contributed by atoms with Crippen molar-refractivity contribution in [3.05, 3.63) is 36.0 Å². The van der Waals surface area contributed by atoms with Gasteiger partial charge in [-0.2, -0.15) is 13.2 Å². The lowest BCUT2D eigenvalue weighted by atomic mass is 10.1. The quantitative estimate of drug-likeness (QED) is 0.784. The summed E-state index contributed by atoms with van der Waals surface area (Å²) in [4.78, 5) is 14.2. The van der Waals surface area contributed by atoms with Crippen molar-refractivity contribution in [1.82, 2.24) is 4.98 Å².